The van der Waals surface area contributed by atoms with Gasteiger partial charge >= 0.3 is 0 Å². The van der Waals surface area contributed by atoms with Gasteiger partial charge in [-0.15, -0.1) is 0 Å². The van der Waals surface area contributed by atoms with Gasteiger partial charge in [0.05, 0.1) is 12.0 Å². The van der Waals surface area contributed by atoms with E-state index in [4.69, 9.17) is 39.6 Å². The summed E-state index contributed by atoms with van der Waals surface area (Å²) in [6.45, 7) is 1.42. The summed E-state index contributed by atoms with van der Waals surface area (Å²) in [6.07, 6.45) is 3.62. The number of para-hydroxylation sites is 1. The number of hydrogen-bond acceptors (Lipinski definition) is 12. The number of primary amides is 1. The third-order valence-corrected chi connectivity index (χ3v) is 13.0. The van der Waals surface area contributed by atoms with Gasteiger partial charge in [-0.05, 0) is 68.2 Å². The van der Waals surface area contributed by atoms with E-state index in [2.05, 4.69) is 68.1 Å². The summed E-state index contributed by atoms with van der Waals surface area (Å²) in [5, 5.41) is 42.7. The van der Waals surface area contributed by atoms with Crippen LogP contribution in [0.4, 0.5) is 0 Å². The molecule has 420 valence electrons. The fourth-order valence-electron chi connectivity index (χ4n) is 8.57. The van der Waals surface area contributed by atoms with E-state index >= 15 is 0 Å². The lowest BCUT2D eigenvalue weighted by molar-refractivity contribution is -0.135. The quantitative estimate of drug-likeness (QED) is 0.0283. The molecular formula is C50H69ClN18O9. The number of carbonyl (C=O) groups is 9. The Morgan fingerprint density at radius 3 is 1.99 bits per heavy atom. The van der Waals surface area contributed by atoms with Crippen molar-refractivity contribution in [1.29, 1.82) is 10.8 Å². The zero-order valence-corrected chi connectivity index (χ0v) is 43.8. The lowest BCUT2D eigenvalue weighted by Crippen LogP contribution is -2.61. The minimum Gasteiger partial charge on any atom is -0.370 e. The van der Waals surface area contributed by atoms with Crippen LogP contribution < -0.4 is 70.4 Å². The normalized spacial score (nSPS) is 20.7. The lowest BCUT2D eigenvalue weighted by atomic mass is 10.0. The van der Waals surface area contributed by atoms with Gasteiger partial charge in [-0.25, -0.2) is 4.98 Å². The zero-order valence-electron chi connectivity index (χ0n) is 43.0. The minimum absolute atomic E-state index is 0.0569. The Balaban J connectivity index is 1.55. The van der Waals surface area contributed by atoms with Crippen molar-refractivity contribution in [3.63, 3.8) is 0 Å². The predicted octanol–water partition coefficient (Wildman–Crippen LogP) is -2.31. The highest BCUT2D eigenvalue weighted by molar-refractivity contribution is 6.31. The molecular weight excluding hydrogens is 1030 g/mol. The Labute approximate surface area is 454 Å². The third-order valence-electron chi connectivity index (χ3n) is 12.6. The Bertz CT molecular complexity index is 2770. The average molecular weight is 1100 g/mol. The number of nitrogens with zero attached hydrogens (tertiary/aromatic N) is 1. The summed E-state index contributed by atoms with van der Waals surface area (Å²) in [4.78, 5) is 135. The second kappa shape index (κ2) is 30.1. The Hall–Kier alpha value is -8.75. The molecule has 1 unspecified atom stereocenters. The van der Waals surface area contributed by atoms with Crippen molar-refractivity contribution < 1.29 is 43.2 Å². The predicted molar refractivity (Wildman–Crippen MR) is 288 cm³/mol. The van der Waals surface area contributed by atoms with Gasteiger partial charge in [0.2, 0.25) is 53.2 Å². The highest BCUT2D eigenvalue weighted by atomic mass is 35.5. The molecule has 78 heavy (non-hydrogen) atoms. The van der Waals surface area contributed by atoms with Gasteiger partial charge in [-0.3, -0.25) is 54.0 Å². The molecule has 0 aliphatic carbocycles. The van der Waals surface area contributed by atoms with Gasteiger partial charge in [0.25, 0.3) is 0 Å². The first-order valence-electron chi connectivity index (χ1n) is 25.3. The molecule has 1 aliphatic heterocycles. The van der Waals surface area contributed by atoms with Gasteiger partial charge in [0.1, 0.15) is 42.3 Å². The smallest absolute Gasteiger partial charge is 0.243 e. The van der Waals surface area contributed by atoms with Crippen LogP contribution in [0.3, 0.4) is 0 Å². The van der Waals surface area contributed by atoms with Crippen LogP contribution in [0.25, 0.3) is 10.9 Å². The number of rotatable bonds is 18. The summed E-state index contributed by atoms with van der Waals surface area (Å²) < 4.78 is 0. The number of imidazole rings is 1. The fraction of sp³-hybridized carbons (Fsp3) is 0.440. The number of guanidine groups is 2. The first-order valence-corrected chi connectivity index (χ1v) is 25.7. The fourth-order valence-corrected chi connectivity index (χ4v) is 8.78. The molecule has 2 aromatic heterocycles. The van der Waals surface area contributed by atoms with Crippen LogP contribution in [0.2, 0.25) is 5.02 Å². The number of aromatic amines is 2. The van der Waals surface area contributed by atoms with Crippen molar-refractivity contribution in [1.82, 2.24) is 68.1 Å². The van der Waals surface area contributed by atoms with Gasteiger partial charge < -0.3 is 80.3 Å². The molecule has 1 aliphatic rings. The number of fused-ring (bicyclic) bond motifs is 1. The number of aromatic nitrogens is 3. The molecule has 5 rings (SSSR count). The number of nitrogens with two attached hydrogens (primary N) is 3. The maximum atomic E-state index is 14.8. The number of H-pyrrole nitrogens is 2. The van der Waals surface area contributed by atoms with E-state index in [0.717, 1.165) is 10.9 Å². The molecule has 27 nitrogen and oxygen atoms in total. The lowest BCUT2D eigenvalue weighted by Gasteiger charge is -2.28. The van der Waals surface area contributed by atoms with Crippen LogP contribution in [0, 0.1) is 10.8 Å². The van der Waals surface area contributed by atoms with Crippen molar-refractivity contribution in [2.24, 2.45) is 17.2 Å². The second-order valence-corrected chi connectivity index (χ2v) is 19.0. The van der Waals surface area contributed by atoms with Crippen LogP contribution >= 0.6 is 11.6 Å². The molecule has 4 aromatic rings. The molecule has 0 radical (unpaired) electrons. The van der Waals surface area contributed by atoms with Crippen molar-refractivity contribution in [2.75, 3.05) is 19.6 Å². The second-order valence-electron chi connectivity index (χ2n) is 18.6. The van der Waals surface area contributed by atoms with Crippen molar-refractivity contribution >= 4 is 87.6 Å². The molecule has 1 saturated heterocycles. The van der Waals surface area contributed by atoms with Crippen LogP contribution in [0.15, 0.2) is 67.3 Å². The molecule has 1 fully saturated rings. The molecule has 0 spiro atoms. The third kappa shape index (κ3) is 19.4. The molecule has 2 aromatic carbocycles. The van der Waals surface area contributed by atoms with E-state index in [-0.39, 0.29) is 107 Å². The largest absolute Gasteiger partial charge is 0.370 e. The first kappa shape index (κ1) is 60.1. The highest BCUT2D eigenvalue weighted by Gasteiger charge is 2.35. The van der Waals surface area contributed by atoms with Crippen LogP contribution in [0.1, 0.15) is 75.1 Å². The maximum Gasteiger partial charge on any atom is 0.243 e. The molecule has 0 saturated carbocycles. The molecule has 20 N–H and O–H groups in total. The van der Waals surface area contributed by atoms with Crippen molar-refractivity contribution in [2.45, 2.75) is 120 Å². The Kier molecular flexibility index (Phi) is 23.2. The number of nitrogens with one attached hydrogen (secondary N) is 14. The van der Waals surface area contributed by atoms with Gasteiger partial charge in [0, 0.05) is 80.6 Å². The molecule has 7 atom stereocenters. The monoisotopic (exact) mass is 1100 g/mol. The maximum absolute atomic E-state index is 14.8. The number of carbonyl (C=O) groups excluding carboxylic acids is 9. The van der Waals surface area contributed by atoms with Crippen molar-refractivity contribution in [3.05, 3.63) is 89.1 Å². The van der Waals surface area contributed by atoms with Gasteiger partial charge in [-0.1, -0.05) is 48.0 Å². The molecule has 3 heterocycles. The Morgan fingerprint density at radius 2 is 1.33 bits per heavy atom. The van der Waals surface area contributed by atoms with Gasteiger partial charge in [0.15, 0.2) is 11.9 Å². The number of halogens is 1. The van der Waals surface area contributed by atoms with E-state index in [9.17, 15) is 43.2 Å². The van der Waals surface area contributed by atoms with Crippen LogP contribution in [-0.2, 0) is 62.4 Å². The molecule has 9 amide bonds. The van der Waals surface area contributed by atoms with E-state index in [0.29, 0.717) is 16.8 Å². The molecule has 28 heteroatoms. The first-order chi connectivity index (χ1) is 37.3. The molecule has 0 bridgehead atoms. The van der Waals surface area contributed by atoms with Gasteiger partial charge in [-0.2, -0.15) is 0 Å². The van der Waals surface area contributed by atoms with Crippen LogP contribution in [0.5, 0.6) is 0 Å². The summed E-state index contributed by atoms with van der Waals surface area (Å²) in [6, 6.07) is 4.00. The highest BCUT2D eigenvalue weighted by Crippen LogP contribution is 2.21. The Morgan fingerprint density at radius 1 is 0.731 bits per heavy atom. The summed E-state index contributed by atoms with van der Waals surface area (Å²) in [5.74, 6) is -7.85. The minimum atomic E-state index is -1.50. The topological polar surface area (TPSA) is 444 Å². The number of benzene rings is 2. The average Bonchev–Trinajstić information content (AvgIpc) is 4.07. The number of amides is 9. The standard InChI is InChI=1S/C50H69ClN18O9/c1-27(70)63-35(13-7-19-59-49(53)54)43(73)65-36-14-6-18-58-41(71)17-16-34(42(52)72)64-46(76)39(22-29-24-61-33-12-5-3-10-31(29)33)67-44(74)37(15-8-20-60-50(55)56)66-47(77)38(21-28-9-2-4-11-32(28)51)68-48(78)40(69-45(36)75)23-30-25-57-26-62-30/h2-5,9-12,24-26,34-40,61H,6-8,13-23H2,1H3,(H2,52,72)(H,57,62)(H,58,71)(H,63,70)(H,64,76)(H,65,73)(H,66,77)(H,67,74)(H,68,78)(H,69,75)(H4,53,54,59)(H4,55,56,60)/t34?,35-,36+,37+,38-,39+,40+/m1/s1. The van der Waals surface area contributed by atoms with E-state index in [1.807, 2.05) is 18.2 Å². The SMILES string of the molecule is CC(=O)N[C@H](CCCNC(=N)N)C(=O)N[C@H]1CCCNC(=O)CCC(C(N)=O)NC(=O)[C@H](Cc2c[nH]c3ccccc23)NC(=O)[C@H](CCCNC(=N)N)NC(=O)[C@@H](Cc2ccccc2Cl)NC(=O)[C@H](Cc2c[nH]cn2)NC1=O. The summed E-state index contributed by atoms with van der Waals surface area (Å²) in [7, 11) is 0. The van der Waals surface area contributed by atoms with Crippen molar-refractivity contribution in [3.8, 4) is 0 Å². The van der Waals surface area contributed by atoms with E-state index in [1.165, 1.54) is 19.4 Å². The van der Waals surface area contributed by atoms with E-state index in [1.54, 1.807) is 36.5 Å². The summed E-state index contributed by atoms with van der Waals surface area (Å²) >= 11 is 6.61. The zero-order chi connectivity index (χ0) is 56.7. The van der Waals surface area contributed by atoms with Crippen LogP contribution in [-0.4, -0.2) is 142 Å². The van der Waals surface area contributed by atoms with E-state index < -0.39 is 95.5 Å². The summed E-state index contributed by atoms with van der Waals surface area (Å²) in [5.41, 5.74) is 18.8. The number of hydrogen-bond donors (Lipinski definition) is 17.